The Morgan fingerprint density at radius 2 is 0.911 bits per heavy atom. The van der Waals surface area contributed by atoms with Crippen LogP contribution in [0.1, 0.15) is 22.3 Å². The predicted octanol–water partition coefficient (Wildman–Crippen LogP) is 14.6. The second-order valence-electron chi connectivity index (χ2n) is 15.5. The molecule has 0 fully saturated rings. The molecule has 0 radical (unpaired) electrons. The maximum absolute atomic E-state index is 6.52. The Balaban J connectivity index is 1.13. The first-order valence-corrected chi connectivity index (χ1v) is 19.5. The molecule has 1 heterocycles. The Kier molecular flexibility index (Phi) is 5.89. The van der Waals surface area contributed by atoms with E-state index in [1.54, 1.807) is 0 Å². The quantitative estimate of drug-likeness (QED) is 0.174. The zero-order valence-electron chi connectivity index (χ0n) is 30.4. The molecule has 0 atom stereocenters. The van der Waals surface area contributed by atoms with Crippen LogP contribution in [-0.2, 0) is 5.41 Å². The molecule has 0 saturated heterocycles. The van der Waals surface area contributed by atoms with Gasteiger partial charge in [0.15, 0.2) is 0 Å². The molecule has 258 valence electrons. The number of rotatable bonds is 2. The average Bonchev–Trinajstić information content (AvgIpc) is 3.74. The second-order valence-corrected chi connectivity index (χ2v) is 15.5. The highest BCUT2D eigenvalue weighted by Gasteiger charge is 2.53. The third kappa shape index (κ3) is 3.84. The number of hydrogen-bond acceptors (Lipinski definition) is 1. The van der Waals surface area contributed by atoms with E-state index >= 15 is 0 Å². The Bertz CT molecular complexity index is 3300. The topological polar surface area (TPSA) is 9.23 Å². The van der Waals surface area contributed by atoms with Crippen LogP contribution in [0.2, 0.25) is 0 Å². The van der Waals surface area contributed by atoms with E-state index in [0.29, 0.717) is 0 Å². The normalized spacial score (nSPS) is 13.6. The van der Waals surface area contributed by atoms with E-state index in [2.05, 4.69) is 194 Å². The molecule has 1 spiro atoms. The molecule has 13 rings (SSSR count). The smallest absolute Gasteiger partial charge is 0.135 e. The van der Waals surface area contributed by atoms with Crippen LogP contribution in [-0.4, -0.2) is 0 Å². The van der Waals surface area contributed by atoms with E-state index in [1.165, 1.54) is 105 Å². The SMILES string of the molecule is c1ccc2c(c1)-c1ccccc1C21c2ccccc2-c2c(-c3ccc4ccccc4c3)cc3ccc(-c4ccc5c(c4)-c4cccc6cccc(c46)O5)cc3c21. The summed E-state index contributed by atoms with van der Waals surface area (Å²) in [6.07, 6.45) is 0. The van der Waals surface area contributed by atoms with Gasteiger partial charge in [-0.3, -0.25) is 0 Å². The summed E-state index contributed by atoms with van der Waals surface area (Å²) in [7, 11) is 0. The average molecular weight is 709 g/mol. The fraction of sp³-hybridized carbons (Fsp3) is 0.0182. The van der Waals surface area contributed by atoms with Gasteiger partial charge in [0.2, 0.25) is 0 Å². The molecule has 3 aliphatic rings. The van der Waals surface area contributed by atoms with Gasteiger partial charge in [-0.25, -0.2) is 0 Å². The highest BCUT2D eigenvalue weighted by Crippen LogP contribution is 2.65. The summed E-state index contributed by atoms with van der Waals surface area (Å²) in [5, 5.41) is 7.40. The second kappa shape index (κ2) is 10.9. The van der Waals surface area contributed by atoms with Crippen molar-refractivity contribution in [2.45, 2.75) is 5.41 Å². The van der Waals surface area contributed by atoms with E-state index in [0.717, 1.165) is 17.1 Å². The molecular formula is C55H32O. The summed E-state index contributed by atoms with van der Waals surface area (Å²) in [5.74, 6) is 1.82. The first-order valence-electron chi connectivity index (χ1n) is 19.5. The van der Waals surface area contributed by atoms with Gasteiger partial charge >= 0.3 is 0 Å². The van der Waals surface area contributed by atoms with Gasteiger partial charge in [-0.15, -0.1) is 0 Å². The van der Waals surface area contributed by atoms with Crippen LogP contribution in [0.15, 0.2) is 194 Å². The van der Waals surface area contributed by atoms with Crippen LogP contribution < -0.4 is 4.74 Å². The van der Waals surface area contributed by atoms with Crippen molar-refractivity contribution in [1.82, 2.24) is 0 Å². The van der Waals surface area contributed by atoms with Crippen LogP contribution in [0.25, 0.3) is 88.0 Å². The van der Waals surface area contributed by atoms with Gasteiger partial charge in [0.25, 0.3) is 0 Å². The lowest BCUT2D eigenvalue weighted by Crippen LogP contribution is -2.26. The Morgan fingerprint density at radius 1 is 0.321 bits per heavy atom. The summed E-state index contributed by atoms with van der Waals surface area (Å²) in [5.41, 5.74) is 17.4. The third-order valence-corrected chi connectivity index (χ3v) is 12.8. The molecule has 0 amide bonds. The van der Waals surface area contributed by atoms with Gasteiger partial charge in [-0.2, -0.15) is 0 Å². The minimum Gasteiger partial charge on any atom is -0.456 e. The molecule has 0 unspecified atom stereocenters. The molecule has 1 aliphatic heterocycles. The van der Waals surface area contributed by atoms with Crippen molar-refractivity contribution < 1.29 is 4.74 Å². The van der Waals surface area contributed by atoms with Crippen molar-refractivity contribution in [3.8, 4) is 67.1 Å². The van der Waals surface area contributed by atoms with E-state index in [-0.39, 0.29) is 0 Å². The lowest BCUT2D eigenvalue weighted by molar-refractivity contribution is 0.487. The molecule has 0 bridgehead atoms. The fourth-order valence-corrected chi connectivity index (χ4v) is 10.5. The van der Waals surface area contributed by atoms with E-state index < -0.39 is 5.41 Å². The van der Waals surface area contributed by atoms with Crippen LogP contribution in [0.4, 0.5) is 0 Å². The highest BCUT2D eigenvalue weighted by molar-refractivity contribution is 6.11. The van der Waals surface area contributed by atoms with Gasteiger partial charge in [0.05, 0.1) is 5.41 Å². The third-order valence-electron chi connectivity index (χ3n) is 12.8. The summed E-state index contributed by atoms with van der Waals surface area (Å²) < 4.78 is 6.52. The maximum atomic E-state index is 6.52. The summed E-state index contributed by atoms with van der Waals surface area (Å²) in [6.45, 7) is 0. The monoisotopic (exact) mass is 708 g/mol. The number of hydrogen-bond donors (Lipinski definition) is 0. The lowest BCUT2D eigenvalue weighted by atomic mass is 9.69. The van der Waals surface area contributed by atoms with E-state index in [1.807, 2.05) is 0 Å². The molecule has 1 heteroatoms. The zero-order chi connectivity index (χ0) is 36.5. The van der Waals surface area contributed by atoms with Crippen molar-refractivity contribution in [3.63, 3.8) is 0 Å². The first-order chi connectivity index (χ1) is 27.8. The zero-order valence-corrected chi connectivity index (χ0v) is 30.4. The van der Waals surface area contributed by atoms with Crippen LogP contribution in [0.3, 0.4) is 0 Å². The van der Waals surface area contributed by atoms with Gasteiger partial charge in [0, 0.05) is 10.9 Å². The maximum Gasteiger partial charge on any atom is 0.135 e. The van der Waals surface area contributed by atoms with Gasteiger partial charge in [-0.1, -0.05) is 158 Å². The van der Waals surface area contributed by atoms with Crippen LogP contribution in [0.5, 0.6) is 11.5 Å². The number of fused-ring (bicyclic) bond motifs is 15. The summed E-state index contributed by atoms with van der Waals surface area (Å²) >= 11 is 0. The standard InChI is InChI=1S/C55H32O/c1-2-12-35-29-38(25-23-33(35)11-1)44-32-39-26-24-36(37-27-28-50-46(31-37)42-18-9-13-34-14-10-22-51(56-50)52(34)42)30-45(39)54-53(44)43-17-5-8-21-49(43)55(54)47-19-6-3-15-40(47)41-16-4-7-20-48(41)55/h1-32H. The van der Waals surface area contributed by atoms with E-state index in [4.69, 9.17) is 4.74 Å². The summed E-state index contributed by atoms with van der Waals surface area (Å²) in [6, 6.07) is 72.2. The number of benzene rings is 10. The largest absolute Gasteiger partial charge is 0.456 e. The molecule has 10 aromatic rings. The van der Waals surface area contributed by atoms with Gasteiger partial charge in [-0.05, 0) is 136 Å². The highest BCUT2D eigenvalue weighted by atomic mass is 16.5. The number of ether oxygens (including phenoxy) is 1. The van der Waals surface area contributed by atoms with E-state index in [9.17, 15) is 0 Å². The Labute approximate surface area is 324 Å². The van der Waals surface area contributed by atoms with Gasteiger partial charge in [0.1, 0.15) is 11.5 Å². The molecule has 1 nitrogen and oxygen atoms in total. The molecule has 0 N–H and O–H groups in total. The predicted molar refractivity (Wildman–Crippen MR) is 232 cm³/mol. The minimum atomic E-state index is -0.480. The lowest BCUT2D eigenvalue weighted by Gasteiger charge is -2.32. The molecule has 10 aromatic carbocycles. The molecular weight excluding hydrogens is 677 g/mol. The molecule has 0 saturated carbocycles. The van der Waals surface area contributed by atoms with Gasteiger partial charge < -0.3 is 4.74 Å². The Hall–Kier alpha value is -7.22. The Morgan fingerprint density at radius 3 is 1.71 bits per heavy atom. The van der Waals surface area contributed by atoms with Crippen molar-refractivity contribution >= 4 is 32.3 Å². The van der Waals surface area contributed by atoms with Crippen molar-refractivity contribution in [3.05, 3.63) is 216 Å². The van der Waals surface area contributed by atoms with Crippen molar-refractivity contribution in [1.29, 1.82) is 0 Å². The van der Waals surface area contributed by atoms with Crippen molar-refractivity contribution in [2.75, 3.05) is 0 Å². The summed E-state index contributed by atoms with van der Waals surface area (Å²) in [4.78, 5) is 0. The van der Waals surface area contributed by atoms with Crippen LogP contribution >= 0.6 is 0 Å². The minimum absolute atomic E-state index is 0.480. The van der Waals surface area contributed by atoms with Crippen LogP contribution in [0, 0.1) is 0 Å². The molecule has 0 aromatic heterocycles. The van der Waals surface area contributed by atoms with Crippen molar-refractivity contribution in [2.24, 2.45) is 0 Å². The molecule has 2 aliphatic carbocycles. The first kappa shape index (κ1) is 30.1. The molecule has 56 heavy (non-hydrogen) atoms. The fourth-order valence-electron chi connectivity index (χ4n) is 10.5.